The highest BCUT2D eigenvalue weighted by Gasteiger charge is 2.25. The van der Waals surface area contributed by atoms with Crippen LogP contribution in [0.1, 0.15) is 6.42 Å². The second-order valence-corrected chi connectivity index (χ2v) is 5.99. The van der Waals surface area contributed by atoms with Crippen molar-refractivity contribution in [3.05, 3.63) is 24.5 Å². The zero-order chi connectivity index (χ0) is 16.2. The topological polar surface area (TPSA) is 94.0 Å². The molecule has 0 amide bonds. The molecule has 1 saturated heterocycles. The first kappa shape index (κ1) is 16.1. The van der Waals surface area contributed by atoms with Crippen LogP contribution in [0.3, 0.4) is 0 Å². The lowest BCUT2D eigenvalue weighted by molar-refractivity contribution is -0.215. The van der Waals surface area contributed by atoms with Crippen LogP contribution in [-0.2, 0) is 14.1 Å². The number of ether oxygens (including phenoxy) is 1. The van der Waals surface area contributed by atoms with E-state index in [1.54, 1.807) is 7.11 Å². The van der Waals surface area contributed by atoms with Gasteiger partial charge in [0.05, 0.1) is 13.7 Å². The Labute approximate surface area is 133 Å². The van der Waals surface area contributed by atoms with E-state index >= 15 is 0 Å². The fourth-order valence-electron chi connectivity index (χ4n) is 2.81. The third kappa shape index (κ3) is 3.61. The molecular formula is C14H18N3O5P. The first-order chi connectivity index (χ1) is 11.2. The highest BCUT2D eigenvalue weighted by atomic mass is 31.1. The molecule has 1 N–H and O–H groups in total. The maximum absolute atomic E-state index is 10.5. The lowest BCUT2D eigenvalue weighted by atomic mass is 10.1. The zero-order valence-corrected chi connectivity index (χ0v) is 13.6. The summed E-state index contributed by atoms with van der Waals surface area (Å²) in [6, 6.07) is 5.75. The SMILES string of the molecule is COc1cccc2c(N3CCC(COO[PH](=O)O)C3)ncnc12. The summed E-state index contributed by atoms with van der Waals surface area (Å²) in [7, 11) is -1.43. The van der Waals surface area contributed by atoms with Crippen LogP contribution in [0.4, 0.5) is 5.82 Å². The smallest absolute Gasteiger partial charge is 0.344 e. The molecule has 0 aliphatic carbocycles. The van der Waals surface area contributed by atoms with Crippen LogP contribution in [0, 0.1) is 5.92 Å². The summed E-state index contributed by atoms with van der Waals surface area (Å²) in [5.41, 5.74) is 0.780. The molecule has 1 aliphatic rings. The van der Waals surface area contributed by atoms with Crippen LogP contribution < -0.4 is 9.64 Å². The molecule has 2 atom stereocenters. The number of anilines is 1. The minimum absolute atomic E-state index is 0.215. The monoisotopic (exact) mass is 339 g/mol. The molecule has 2 unspecified atom stereocenters. The van der Waals surface area contributed by atoms with Gasteiger partial charge in [-0.2, -0.15) is 4.67 Å². The van der Waals surface area contributed by atoms with Gasteiger partial charge >= 0.3 is 8.25 Å². The fraction of sp³-hybridized carbons (Fsp3) is 0.429. The largest absolute Gasteiger partial charge is 0.494 e. The predicted molar refractivity (Wildman–Crippen MR) is 84.7 cm³/mol. The summed E-state index contributed by atoms with van der Waals surface area (Å²) in [5, 5.41) is 0.935. The molecule has 1 aliphatic heterocycles. The second kappa shape index (κ2) is 7.23. The van der Waals surface area contributed by atoms with Gasteiger partial charge in [-0.05, 0) is 18.6 Å². The van der Waals surface area contributed by atoms with Gasteiger partial charge in [-0.1, -0.05) is 6.07 Å². The number of para-hydroxylation sites is 1. The van der Waals surface area contributed by atoms with Crippen LogP contribution in [0.2, 0.25) is 0 Å². The molecule has 3 rings (SSSR count). The Morgan fingerprint density at radius 1 is 1.43 bits per heavy atom. The second-order valence-electron chi connectivity index (χ2n) is 5.29. The number of rotatable bonds is 6. The zero-order valence-electron chi connectivity index (χ0n) is 12.6. The lowest BCUT2D eigenvalue weighted by Gasteiger charge is -2.19. The quantitative estimate of drug-likeness (QED) is 0.484. The summed E-state index contributed by atoms with van der Waals surface area (Å²) in [6.07, 6.45) is 2.43. The third-order valence-corrected chi connectivity index (χ3v) is 4.11. The van der Waals surface area contributed by atoms with Crippen LogP contribution in [0.5, 0.6) is 5.75 Å². The summed E-state index contributed by atoms with van der Waals surface area (Å²) in [5.74, 6) is 1.78. The third-order valence-electron chi connectivity index (χ3n) is 3.85. The van der Waals surface area contributed by atoms with Gasteiger partial charge in [-0.25, -0.2) is 14.9 Å². The van der Waals surface area contributed by atoms with Gasteiger partial charge in [0.2, 0.25) is 0 Å². The van der Waals surface area contributed by atoms with Crippen LogP contribution in [0.15, 0.2) is 24.5 Å². The molecule has 2 aromatic rings. The van der Waals surface area contributed by atoms with E-state index in [1.165, 1.54) is 6.33 Å². The van der Waals surface area contributed by atoms with E-state index in [-0.39, 0.29) is 12.5 Å². The fourth-order valence-corrected chi connectivity index (χ4v) is 2.97. The maximum atomic E-state index is 10.5. The van der Waals surface area contributed by atoms with Crippen molar-refractivity contribution in [1.82, 2.24) is 9.97 Å². The number of hydrogen-bond acceptors (Lipinski definition) is 7. The molecule has 8 nitrogen and oxygen atoms in total. The van der Waals surface area contributed by atoms with E-state index in [9.17, 15) is 4.57 Å². The molecule has 1 aromatic heterocycles. The average molecular weight is 339 g/mol. The van der Waals surface area contributed by atoms with E-state index in [0.717, 1.165) is 36.2 Å². The summed E-state index contributed by atoms with van der Waals surface area (Å²) in [6.45, 7) is 1.84. The van der Waals surface area contributed by atoms with Crippen molar-refractivity contribution < 1.29 is 23.8 Å². The minimum Gasteiger partial charge on any atom is -0.494 e. The number of fused-ring (bicyclic) bond motifs is 1. The van der Waals surface area contributed by atoms with Gasteiger partial charge in [0.25, 0.3) is 0 Å². The van der Waals surface area contributed by atoms with E-state index < -0.39 is 8.25 Å². The standard InChI is InChI=1S/C14H18N3O5P/c1-20-12-4-2-3-11-13(12)15-9-16-14(11)17-6-5-10(7-17)8-21-22-23(18)19/h2-4,9-10,23H,5-8H2,1H3,(H,18,19). The minimum atomic E-state index is -3.05. The Morgan fingerprint density at radius 3 is 3.09 bits per heavy atom. The van der Waals surface area contributed by atoms with Gasteiger partial charge in [0.1, 0.15) is 23.4 Å². The van der Waals surface area contributed by atoms with Crippen LogP contribution in [0.25, 0.3) is 10.9 Å². The van der Waals surface area contributed by atoms with E-state index in [0.29, 0.717) is 5.75 Å². The Balaban J connectivity index is 1.75. The lowest BCUT2D eigenvalue weighted by Crippen LogP contribution is -2.22. The Bertz CT molecular complexity index is 714. The van der Waals surface area contributed by atoms with Gasteiger partial charge < -0.3 is 14.5 Å². The number of methoxy groups -OCH3 is 1. The first-order valence-corrected chi connectivity index (χ1v) is 8.50. The van der Waals surface area contributed by atoms with Crippen LogP contribution >= 0.6 is 8.25 Å². The number of hydrogen-bond donors (Lipinski definition) is 1. The van der Waals surface area contributed by atoms with Gasteiger partial charge in [-0.3, -0.25) is 4.57 Å². The molecule has 0 spiro atoms. The Morgan fingerprint density at radius 2 is 2.30 bits per heavy atom. The van der Waals surface area contributed by atoms with Crippen molar-refractivity contribution >= 4 is 25.0 Å². The maximum Gasteiger partial charge on any atom is 0.344 e. The molecule has 23 heavy (non-hydrogen) atoms. The van der Waals surface area contributed by atoms with E-state index in [2.05, 4.69) is 19.5 Å². The number of nitrogens with zero attached hydrogens (tertiary/aromatic N) is 3. The van der Waals surface area contributed by atoms with Crippen molar-refractivity contribution in [2.24, 2.45) is 5.92 Å². The first-order valence-electron chi connectivity index (χ1n) is 7.24. The Kier molecular flexibility index (Phi) is 5.07. The molecule has 2 heterocycles. The molecular weight excluding hydrogens is 321 g/mol. The summed E-state index contributed by atoms with van der Waals surface area (Å²) < 4.78 is 20.1. The predicted octanol–water partition coefficient (Wildman–Crippen LogP) is 1.79. The van der Waals surface area contributed by atoms with Gasteiger partial charge in [0.15, 0.2) is 0 Å². The van der Waals surface area contributed by atoms with Crippen molar-refractivity contribution in [2.45, 2.75) is 6.42 Å². The average Bonchev–Trinajstić information content (AvgIpc) is 3.02. The van der Waals surface area contributed by atoms with Crippen molar-refractivity contribution in [2.75, 3.05) is 31.7 Å². The Hall–Kier alpha value is -1.73. The number of benzene rings is 1. The van der Waals surface area contributed by atoms with E-state index in [4.69, 9.17) is 14.5 Å². The molecule has 1 aromatic carbocycles. The normalized spacial score (nSPS) is 19.2. The van der Waals surface area contributed by atoms with Crippen LogP contribution in [-0.4, -0.2) is 41.7 Å². The number of aromatic nitrogens is 2. The summed E-state index contributed by atoms with van der Waals surface area (Å²) in [4.78, 5) is 24.2. The van der Waals surface area contributed by atoms with Crippen molar-refractivity contribution in [3.63, 3.8) is 0 Å². The van der Waals surface area contributed by atoms with Crippen molar-refractivity contribution in [1.29, 1.82) is 0 Å². The summed E-state index contributed by atoms with van der Waals surface area (Å²) >= 11 is 0. The highest BCUT2D eigenvalue weighted by molar-refractivity contribution is 7.31. The molecule has 124 valence electrons. The molecule has 0 radical (unpaired) electrons. The highest BCUT2D eigenvalue weighted by Crippen LogP contribution is 2.32. The van der Waals surface area contributed by atoms with Crippen molar-refractivity contribution in [3.8, 4) is 5.75 Å². The molecule has 1 fully saturated rings. The molecule has 9 heteroatoms. The molecule has 0 bridgehead atoms. The molecule has 0 saturated carbocycles. The van der Waals surface area contributed by atoms with E-state index in [1.807, 2.05) is 18.2 Å². The van der Waals surface area contributed by atoms with Gasteiger partial charge in [0, 0.05) is 24.4 Å². The van der Waals surface area contributed by atoms with Gasteiger partial charge in [-0.15, -0.1) is 0 Å².